The van der Waals surface area contributed by atoms with E-state index < -0.39 is 10.9 Å². The number of hydrogen-bond donors (Lipinski definition) is 1. The van der Waals surface area contributed by atoms with E-state index in [-0.39, 0.29) is 18.3 Å². The van der Waals surface area contributed by atoms with Crippen molar-refractivity contribution in [3.05, 3.63) is 27.9 Å². The van der Waals surface area contributed by atoms with Gasteiger partial charge in [-0.05, 0) is 20.8 Å². The molecule has 98 valence electrons. The maximum Gasteiger partial charge on any atom is 0.323 e. The normalized spacial score (nSPS) is 10.4. The van der Waals surface area contributed by atoms with Gasteiger partial charge in [-0.25, -0.2) is 4.98 Å². The van der Waals surface area contributed by atoms with Crippen LogP contribution in [0.1, 0.15) is 19.4 Å². The molecule has 0 spiro atoms. The SMILES string of the molecule is Cc1cnc(N(CC(=O)O)C(C)C)cc1[N+](=O)[O-]. The van der Waals surface area contributed by atoms with Crippen LogP contribution in [-0.2, 0) is 4.79 Å². The molecule has 0 amide bonds. The first-order valence-electron chi connectivity index (χ1n) is 5.42. The number of aromatic nitrogens is 1. The first-order valence-corrected chi connectivity index (χ1v) is 5.42. The Morgan fingerprint density at radius 1 is 1.61 bits per heavy atom. The zero-order valence-corrected chi connectivity index (χ0v) is 10.5. The second-order valence-corrected chi connectivity index (χ2v) is 4.20. The zero-order valence-electron chi connectivity index (χ0n) is 10.5. The molecular weight excluding hydrogens is 238 g/mol. The number of carboxylic acid groups (broad SMARTS) is 1. The standard InChI is InChI=1S/C11H15N3O4/c1-7(2)13(6-11(15)16)10-4-9(14(17)18)8(3)5-12-10/h4-5,7H,6H2,1-3H3,(H,15,16). The third-order valence-electron chi connectivity index (χ3n) is 2.48. The summed E-state index contributed by atoms with van der Waals surface area (Å²) in [4.78, 5) is 26.7. The molecule has 0 saturated heterocycles. The molecule has 0 atom stereocenters. The molecule has 1 aromatic heterocycles. The number of pyridine rings is 1. The van der Waals surface area contributed by atoms with E-state index in [4.69, 9.17) is 5.11 Å². The Balaban J connectivity index is 3.17. The second-order valence-electron chi connectivity index (χ2n) is 4.20. The molecule has 7 heteroatoms. The minimum Gasteiger partial charge on any atom is -0.480 e. The lowest BCUT2D eigenvalue weighted by molar-refractivity contribution is -0.385. The van der Waals surface area contributed by atoms with Gasteiger partial charge >= 0.3 is 5.97 Å². The molecule has 0 unspecified atom stereocenters. The van der Waals surface area contributed by atoms with Gasteiger partial charge in [0.1, 0.15) is 12.4 Å². The molecule has 0 radical (unpaired) electrons. The lowest BCUT2D eigenvalue weighted by Crippen LogP contribution is -2.36. The van der Waals surface area contributed by atoms with Crippen LogP contribution >= 0.6 is 0 Å². The molecule has 0 aliphatic carbocycles. The second kappa shape index (κ2) is 5.44. The molecule has 1 heterocycles. The molecule has 0 saturated carbocycles. The number of hydrogen-bond acceptors (Lipinski definition) is 5. The van der Waals surface area contributed by atoms with E-state index in [0.717, 1.165) is 0 Å². The minimum absolute atomic E-state index is 0.0592. The largest absolute Gasteiger partial charge is 0.480 e. The van der Waals surface area contributed by atoms with Gasteiger partial charge in [0.2, 0.25) is 0 Å². The number of anilines is 1. The van der Waals surface area contributed by atoms with Gasteiger partial charge < -0.3 is 10.0 Å². The van der Waals surface area contributed by atoms with Crippen molar-refractivity contribution < 1.29 is 14.8 Å². The third kappa shape index (κ3) is 3.16. The number of aliphatic carboxylic acids is 1. The predicted octanol–water partition coefficient (Wildman–Crippen LogP) is 1.60. The molecule has 0 bridgehead atoms. The lowest BCUT2D eigenvalue weighted by Gasteiger charge is -2.25. The van der Waals surface area contributed by atoms with Crippen LogP contribution in [-0.4, -0.2) is 33.6 Å². The van der Waals surface area contributed by atoms with Crippen molar-refractivity contribution in [1.29, 1.82) is 0 Å². The molecule has 1 N–H and O–H groups in total. The molecular formula is C11H15N3O4. The average molecular weight is 253 g/mol. The Bertz CT molecular complexity index is 473. The Hall–Kier alpha value is -2.18. The minimum atomic E-state index is -1.01. The first-order chi connectivity index (χ1) is 8.32. The van der Waals surface area contributed by atoms with Gasteiger partial charge in [0, 0.05) is 17.8 Å². The van der Waals surface area contributed by atoms with Crippen molar-refractivity contribution in [2.75, 3.05) is 11.4 Å². The molecule has 0 fully saturated rings. The van der Waals surface area contributed by atoms with Crippen molar-refractivity contribution in [1.82, 2.24) is 4.98 Å². The molecule has 0 aliphatic heterocycles. The Morgan fingerprint density at radius 3 is 2.67 bits per heavy atom. The Labute approximate surface area is 104 Å². The van der Waals surface area contributed by atoms with E-state index in [1.54, 1.807) is 20.8 Å². The summed E-state index contributed by atoms with van der Waals surface area (Å²) in [7, 11) is 0. The van der Waals surface area contributed by atoms with E-state index in [1.807, 2.05) is 0 Å². The quantitative estimate of drug-likeness (QED) is 0.632. The van der Waals surface area contributed by atoms with Crippen molar-refractivity contribution in [2.45, 2.75) is 26.8 Å². The van der Waals surface area contributed by atoms with Gasteiger partial charge in [0.15, 0.2) is 0 Å². The third-order valence-corrected chi connectivity index (χ3v) is 2.48. The number of aryl methyl sites for hydroxylation is 1. The molecule has 1 aromatic rings. The summed E-state index contributed by atoms with van der Waals surface area (Å²) in [6, 6.07) is 1.19. The van der Waals surface area contributed by atoms with Crippen LogP contribution < -0.4 is 4.90 Å². The predicted molar refractivity (Wildman–Crippen MR) is 65.7 cm³/mol. The van der Waals surface area contributed by atoms with Gasteiger partial charge in [-0.2, -0.15) is 0 Å². The number of nitro groups is 1. The van der Waals surface area contributed by atoms with Crippen molar-refractivity contribution >= 4 is 17.5 Å². The fraction of sp³-hybridized carbons (Fsp3) is 0.455. The highest BCUT2D eigenvalue weighted by molar-refractivity contribution is 5.73. The number of carbonyl (C=O) groups is 1. The van der Waals surface area contributed by atoms with Gasteiger partial charge in [-0.1, -0.05) is 0 Å². The summed E-state index contributed by atoms with van der Waals surface area (Å²) >= 11 is 0. The molecule has 7 nitrogen and oxygen atoms in total. The Morgan fingerprint density at radius 2 is 2.22 bits per heavy atom. The van der Waals surface area contributed by atoms with E-state index in [1.165, 1.54) is 17.2 Å². The molecule has 0 aliphatic rings. The summed E-state index contributed by atoms with van der Waals surface area (Å²) in [5.41, 5.74) is 0.388. The highest BCUT2D eigenvalue weighted by atomic mass is 16.6. The highest BCUT2D eigenvalue weighted by Gasteiger charge is 2.19. The fourth-order valence-electron chi connectivity index (χ4n) is 1.53. The van der Waals surface area contributed by atoms with Crippen molar-refractivity contribution in [2.24, 2.45) is 0 Å². The van der Waals surface area contributed by atoms with Crippen LogP contribution in [0.5, 0.6) is 0 Å². The van der Waals surface area contributed by atoms with E-state index in [0.29, 0.717) is 11.4 Å². The van der Waals surface area contributed by atoms with Crippen LogP contribution in [0.25, 0.3) is 0 Å². The molecule has 1 rings (SSSR count). The van der Waals surface area contributed by atoms with Crippen LogP contribution in [0, 0.1) is 17.0 Å². The Kier molecular flexibility index (Phi) is 4.19. The van der Waals surface area contributed by atoms with Gasteiger partial charge in [-0.15, -0.1) is 0 Å². The summed E-state index contributed by atoms with van der Waals surface area (Å²) < 4.78 is 0. The summed E-state index contributed by atoms with van der Waals surface area (Å²) in [5.74, 6) is -0.710. The maximum absolute atomic E-state index is 10.8. The maximum atomic E-state index is 10.8. The van der Waals surface area contributed by atoms with Crippen molar-refractivity contribution in [3.63, 3.8) is 0 Å². The van der Waals surface area contributed by atoms with Crippen LogP contribution in [0.2, 0.25) is 0 Å². The summed E-state index contributed by atoms with van der Waals surface area (Å²) in [5, 5.41) is 19.7. The summed E-state index contributed by atoms with van der Waals surface area (Å²) in [6.07, 6.45) is 1.38. The highest BCUT2D eigenvalue weighted by Crippen LogP contribution is 2.23. The van der Waals surface area contributed by atoms with Crippen LogP contribution in [0.4, 0.5) is 11.5 Å². The van der Waals surface area contributed by atoms with Gasteiger partial charge in [0.25, 0.3) is 5.69 Å². The number of nitrogens with zero attached hydrogens (tertiary/aromatic N) is 3. The number of carboxylic acids is 1. The molecule has 0 aromatic carbocycles. The van der Waals surface area contributed by atoms with E-state index in [2.05, 4.69) is 4.98 Å². The van der Waals surface area contributed by atoms with Gasteiger partial charge in [0.05, 0.1) is 11.0 Å². The monoisotopic (exact) mass is 253 g/mol. The smallest absolute Gasteiger partial charge is 0.323 e. The van der Waals surface area contributed by atoms with E-state index >= 15 is 0 Å². The fourth-order valence-corrected chi connectivity index (χ4v) is 1.53. The van der Waals surface area contributed by atoms with Gasteiger partial charge in [-0.3, -0.25) is 14.9 Å². The summed E-state index contributed by atoms with van der Waals surface area (Å²) in [6.45, 7) is 4.95. The van der Waals surface area contributed by atoms with Crippen LogP contribution in [0.3, 0.4) is 0 Å². The lowest BCUT2D eigenvalue weighted by atomic mass is 10.2. The first kappa shape index (κ1) is 13.9. The zero-order chi connectivity index (χ0) is 13.9. The van der Waals surface area contributed by atoms with Crippen LogP contribution in [0.15, 0.2) is 12.3 Å². The van der Waals surface area contributed by atoms with E-state index in [9.17, 15) is 14.9 Å². The average Bonchev–Trinajstić information content (AvgIpc) is 2.26. The number of rotatable bonds is 5. The molecule has 18 heavy (non-hydrogen) atoms. The van der Waals surface area contributed by atoms with Crippen molar-refractivity contribution in [3.8, 4) is 0 Å². The topological polar surface area (TPSA) is 96.6 Å².